The van der Waals surface area contributed by atoms with E-state index in [0.29, 0.717) is 0 Å². The molecule has 0 aromatic rings. The summed E-state index contributed by atoms with van der Waals surface area (Å²) in [7, 11) is -4.61. The Balaban J connectivity index is -0.00000000533. The minimum absolute atomic E-state index is 0. The van der Waals surface area contributed by atoms with E-state index in [0.717, 1.165) is 0 Å². The van der Waals surface area contributed by atoms with Gasteiger partial charge in [-0.05, 0) is 0 Å². The van der Waals surface area contributed by atoms with Gasteiger partial charge in [-0.25, -0.2) is 0 Å². The minimum atomic E-state index is -4.61. The van der Waals surface area contributed by atoms with Crippen molar-refractivity contribution in [3.63, 3.8) is 0 Å². The van der Waals surface area contributed by atoms with Gasteiger partial charge in [0.25, 0.3) is 0 Å². The Morgan fingerprint density at radius 2 is 1.00 bits per heavy atom. The maximum atomic E-state index is 7.33. The second-order valence-corrected chi connectivity index (χ2v) is 1.80. The van der Waals surface area contributed by atoms with E-state index >= 15 is 0 Å². The van der Waals surface area contributed by atoms with Crippen LogP contribution >= 0.6 is 0 Å². The third kappa shape index (κ3) is 318. The number of rotatable bonds is 0. The van der Waals surface area contributed by atoms with Gasteiger partial charge >= 0.3 is 32.1 Å². The minimum Gasteiger partial charge on any atom is -1.00 e. The summed E-state index contributed by atoms with van der Waals surface area (Å²) in [4.78, 5) is 29.3. The average molecular weight is 216 g/mol. The van der Waals surface area contributed by atoms with Crippen LogP contribution in [-0.4, -0.2) is 56.8 Å². The van der Waals surface area contributed by atoms with Crippen LogP contribution in [0.15, 0.2) is 0 Å². The molecule has 0 aliphatic rings. The molecular formula is H9FFeMgO5Si. The maximum absolute atomic E-state index is 7.33. The zero-order chi connectivity index (χ0) is 4.50. The van der Waals surface area contributed by atoms with Crippen LogP contribution in [0.1, 0.15) is 2.85 Å². The Morgan fingerprint density at radius 3 is 1.00 bits per heavy atom. The maximum Gasteiger partial charge on any atom is 2.00 e. The van der Waals surface area contributed by atoms with Crippen molar-refractivity contribution in [2.24, 2.45) is 0 Å². The molecule has 0 saturated carbocycles. The van der Waals surface area contributed by atoms with E-state index in [2.05, 4.69) is 0 Å². The predicted octanol–water partition coefficient (Wildman–Crippen LogP) is -3.44. The van der Waals surface area contributed by atoms with Crippen LogP contribution in [0.3, 0.4) is 0 Å². The molecule has 0 heterocycles. The van der Waals surface area contributed by atoms with Gasteiger partial charge in [-0.15, -0.1) is 0 Å². The first-order chi connectivity index (χ1) is 2.00. The molecule has 0 spiro atoms. The van der Waals surface area contributed by atoms with Crippen LogP contribution in [-0.2, 0) is 17.1 Å². The largest absolute Gasteiger partial charge is 2.00 e. The summed E-state index contributed by atoms with van der Waals surface area (Å²) in [6, 6.07) is 0. The molecule has 0 rings (SSSR count). The summed E-state index contributed by atoms with van der Waals surface area (Å²) in [6.07, 6.45) is 0. The number of hydrogen-bond acceptors (Lipinski definition) is 4. The van der Waals surface area contributed by atoms with Crippen molar-refractivity contribution in [1.29, 1.82) is 0 Å². The Kier molecular flexibility index (Phi) is 42.3. The summed E-state index contributed by atoms with van der Waals surface area (Å²) >= 11 is 0. The summed E-state index contributed by atoms with van der Waals surface area (Å²) < 4.78 is 0. The smallest absolute Gasteiger partial charge is 1.00 e. The Morgan fingerprint density at radius 1 is 1.00 bits per heavy atom. The molecular weight excluding hydrogens is 207 g/mol. The van der Waals surface area contributed by atoms with Crippen LogP contribution in [0.25, 0.3) is 0 Å². The monoisotopic (exact) mass is 216 g/mol. The second-order valence-electron chi connectivity index (χ2n) is 0.600. The topological polar surface area (TPSA) is 112 Å². The van der Waals surface area contributed by atoms with E-state index in [1.807, 2.05) is 0 Å². The molecule has 6 N–H and O–H groups in total. The second kappa shape index (κ2) is 12.0. The van der Waals surface area contributed by atoms with Crippen LogP contribution in [0, 0.1) is 0 Å². The van der Waals surface area contributed by atoms with Crippen molar-refractivity contribution in [3.8, 4) is 0 Å². The fourth-order valence-corrected chi connectivity index (χ4v) is 0. The first kappa shape index (κ1) is 31.9. The van der Waals surface area contributed by atoms with Crippen LogP contribution in [0.2, 0.25) is 0 Å². The molecule has 0 amide bonds. The van der Waals surface area contributed by atoms with Gasteiger partial charge in [0.05, 0.1) is 0 Å². The van der Waals surface area contributed by atoms with Crippen molar-refractivity contribution in [2.75, 3.05) is 0 Å². The van der Waals surface area contributed by atoms with E-state index in [4.69, 9.17) is 19.2 Å². The molecule has 0 unspecified atom stereocenters. The van der Waals surface area contributed by atoms with Crippen LogP contribution < -0.4 is 0 Å². The van der Waals surface area contributed by atoms with E-state index in [9.17, 15) is 0 Å². The van der Waals surface area contributed by atoms with Crippen molar-refractivity contribution >= 4 is 32.1 Å². The molecule has 0 fully saturated rings. The standard InChI is InChI=1S/FH.Fe.Mg.H4O4Si.H2O.2H/c;;;1-5(2,3)4;;;/h1H;;;1-4H;1H2;;/q;;+2;;;2*-1. The van der Waals surface area contributed by atoms with Crippen LogP contribution in [0.4, 0.5) is 4.70 Å². The molecule has 0 bridgehead atoms. The van der Waals surface area contributed by atoms with Gasteiger partial charge in [0.1, 0.15) is 0 Å². The molecule has 5 nitrogen and oxygen atoms in total. The third-order valence-electron chi connectivity index (χ3n) is 0. The van der Waals surface area contributed by atoms with Gasteiger partial charge in [-0.1, -0.05) is 0 Å². The van der Waals surface area contributed by atoms with Crippen LogP contribution in [0.5, 0.6) is 0 Å². The summed E-state index contributed by atoms with van der Waals surface area (Å²) in [6.45, 7) is 0. The molecule has 0 atom stereocenters. The average Bonchev–Trinajstić information content (AvgIpc) is 0.722. The van der Waals surface area contributed by atoms with E-state index in [1.54, 1.807) is 0 Å². The Hall–Kier alpha value is 1.23. The van der Waals surface area contributed by atoms with Gasteiger partial charge in [-0.2, -0.15) is 0 Å². The first-order valence-electron chi connectivity index (χ1n) is 0.894. The van der Waals surface area contributed by atoms with Gasteiger partial charge in [-0.3, -0.25) is 4.70 Å². The number of hydrogen-bond donors (Lipinski definition) is 4. The molecule has 0 radical (unpaired) electrons. The molecule has 0 aliphatic carbocycles. The first-order valence-corrected chi connectivity index (χ1v) is 2.68. The van der Waals surface area contributed by atoms with Crippen molar-refractivity contribution < 1.29 is 49.3 Å². The van der Waals surface area contributed by atoms with Gasteiger partial charge in [0.2, 0.25) is 0 Å². The molecule has 9 heteroatoms. The fraction of sp³-hybridized carbons (Fsp3) is 0. The molecule has 0 aromatic heterocycles. The fourth-order valence-electron chi connectivity index (χ4n) is 0. The normalized spacial score (nSPS) is 6.67. The zero-order valence-electron chi connectivity index (χ0n) is 6.26. The Labute approximate surface area is 81.5 Å². The molecule has 9 heavy (non-hydrogen) atoms. The summed E-state index contributed by atoms with van der Waals surface area (Å²) in [5.41, 5.74) is 0. The van der Waals surface area contributed by atoms with Gasteiger partial charge in [0, 0.05) is 17.1 Å². The van der Waals surface area contributed by atoms with Crippen molar-refractivity contribution in [2.45, 2.75) is 0 Å². The number of halogens is 1. The quantitative estimate of drug-likeness (QED) is 0.316. The molecule has 0 saturated heterocycles. The van der Waals surface area contributed by atoms with E-state index in [-0.39, 0.29) is 53.2 Å². The molecule has 0 aromatic carbocycles. The van der Waals surface area contributed by atoms with Gasteiger partial charge < -0.3 is 27.5 Å². The van der Waals surface area contributed by atoms with Gasteiger partial charge in [0.15, 0.2) is 0 Å². The van der Waals surface area contributed by atoms with Crippen molar-refractivity contribution in [3.05, 3.63) is 0 Å². The van der Waals surface area contributed by atoms with E-state index < -0.39 is 9.05 Å². The third-order valence-corrected chi connectivity index (χ3v) is 0. The van der Waals surface area contributed by atoms with E-state index in [1.165, 1.54) is 0 Å². The molecule has 60 valence electrons. The summed E-state index contributed by atoms with van der Waals surface area (Å²) in [5.74, 6) is 0. The van der Waals surface area contributed by atoms with Crippen molar-refractivity contribution in [1.82, 2.24) is 0 Å². The zero-order valence-corrected chi connectivity index (χ0v) is 7.78. The SMILES string of the molecule is F.O.O[Si](O)(O)O.[Fe].[H-].[H-].[Mg+2]. The Bertz CT molecular complexity index is 40.0. The molecule has 0 aliphatic heterocycles. The summed E-state index contributed by atoms with van der Waals surface area (Å²) in [5, 5.41) is 0. The predicted molar refractivity (Wildman–Crippen MR) is 28.7 cm³/mol.